The molecular formula is C28H35N5O5. The summed E-state index contributed by atoms with van der Waals surface area (Å²) in [7, 11) is 0. The predicted octanol–water partition coefficient (Wildman–Crippen LogP) is 1.50. The topological polar surface area (TPSA) is 166 Å². The maximum absolute atomic E-state index is 13.2. The Morgan fingerprint density at radius 1 is 0.842 bits per heavy atom. The van der Waals surface area contributed by atoms with Crippen LogP contribution in [-0.2, 0) is 32.0 Å². The van der Waals surface area contributed by atoms with Gasteiger partial charge in [-0.05, 0) is 36.5 Å². The van der Waals surface area contributed by atoms with Gasteiger partial charge in [-0.1, -0.05) is 62.4 Å². The molecule has 0 fully saturated rings. The normalized spacial score (nSPS) is 14.3. The third-order valence-corrected chi connectivity index (χ3v) is 6.35. The van der Waals surface area contributed by atoms with E-state index >= 15 is 0 Å². The second-order valence-electron chi connectivity index (χ2n) is 9.72. The molecule has 3 rings (SSSR count). The molecule has 4 unspecified atom stereocenters. The van der Waals surface area contributed by atoms with Gasteiger partial charge in [-0.25, -0.2) is 4.79 Å². The third-order valence-electron chi connectivity index (χ3n) is 6.35. The molecule has 0 spiro atoms. The Bertz CT molecular complexity index is 1270. The Balaban J connectivity index is 1.72. The molecule has 0 saturated carbocycles. The van der Waals surface area contributed by atoms with Crippen LogP contribution in [0.1, 0.15) is 31.9 Å². The summed E-state index contributed by atoms with van der Waals surface area (Å²) in [6, 6.07) is 12.8. The van der Waals surface area contributed by atoms with E-state index in [1.807, 2.05) is 54.6 Å². The summed E-state index contributed by atoms with van der Waals surface area (Å²) in [6.07, 6.45) is 2.17. The number of rotatable bonds is 12. The van der Waals surface area contributed by atoms with E-state index in [9.17, 15) is 24.3 Å². The summed E-state index contributed by atoms with van der Waals surface area (Å²) in [5.41, 5.74) is 8.57. The number of hydrogen-bond acceptors (Lipinski definition) is 5. The summed E-state index contributed by atoms with van der Waals surface area (Å²) in [5.74, 6) is -3.27. The molecule has 0 aliphatic rings. The Morgan fingerprint density at radius 2 is 1.50 bits per heavy atom. The average Bonchev–Trinajstić information content (AvgIpc) is 3.29. The third kappa shape index (κ3) is 7.42. The van der Waals surface area contributed by atoms with Gasteiger partial charge in [0.2, 0.25) is 17.7 Å². The Kier molecular flexibility index (Phi) is 9.61. The number of amides is 3. The molecule has 2 aromatic carbocycles. The van der Waals surface area contributed by atoms with Gasteiger partial charge in [-0.3, -0.25) is 14.4 Å². The van der Waals surface area contributed by atoms with Crippen LogP contribution < -0.4 is 21.7 Å². The molecule has 1 aromatic heterocycles. The van der Waals surface area contributed by atoms with Crippen molar-refractivity contribution in [2.24, 2.45) is 11.7 Å². The van der Waals surface area contributed by atoms with Gasteiger partial charge in [-0.15, -0.1) is 0 Å². The van der Waals surface area contributed by atoms with Crippen LogP contribution in [-0.4, -0.2) is 57.9 Å². The number of hydrogen-bond donors (Lipinski definition) is 6. The van der Waals surface area contributed by atoms with Crippen molar-refractivity contribution >= 4 is 34.6 Å². The average molecular weight is 522 g/mol. The molecule has 3 amide bonds. The first kappa shape index (κ1) is 28.4. The minimum absolute atomic E-state index is 0.111. The Hall–Kier alpha value is -4.18. The number of fused-ring (bicyclic) bond motifs is 1. The van der Waals surface area contributed by atoms with Gasteiger partial charge in [0.15, 0.2) is 0 Å². The molecule has 0 radical (unpaired) electrons. The monoisotopic (exact) mass is 521 g/mol. The number of para-hydroxylation sites is 1. The number of carbonyl (C=O) groups excluding carboxylic acids is 3. The van der Waals surface area contributed by atoms with Crippen molar-refractivity contribution in [3.8, 4) is 0 Å². The molecule has 0 bridgehead atoms. The molecule has 7 N–H and O–H groups in total. The summed E-state index contributed by atoms with van der Waals surface area (Å²) < 4.78 is 0. The minimum Gasteiger partial charge on any atom is -0.480 e. The van der Waals surface area contributed by atoms with Crippen LogP contribution in [0.25, 0.3) is 10.9 Å². The second-order valence-corrected chi connectivity index (χ2v) is 9.72. The zero-order valence-corrected chi connectivity index (χ0v) is 21.7. The van der Waals surface area contributed by atoms with Crippen LogP contribution >= 0.6 is 0 Å². The van der Waals surface area contributed by atoms with Crippen LogP contribution in [0.5, 0.6) is 0 Å². The smallest absolute Gasteiger partial charge is 0.326 e. The van der Waals surface area contributed by atoms with E-state index in [0.29, 0.717) is 6.42 Å². The van der Waals surface area contributed by atoms with Crippen molar-refractivity contribution in [2.75, 3.05) is 0 Å². The second kappa shape index (κ2) is 12.9. The highest BCUT2D eigenvalue weighted by molar-refractivity contribution is 5.94. The minimum atomic E-state index is -1.17. The summed E-state index contributed by atoms with van der Waals surface area (Å²) >= 11 is 0. The molecule has 10 heteroatoms. The van der Waals surface area contributed by atoms with Crippen LogP contribution in [0.2, 0.25) is 0 Å². The molecule has 0 saturated heterocycles. The number of aliphatic carboxylic acids is 1. The van der Waals surface area contributed by atoms with Crippen molar-refractivity contribution in [1.29, 1.82) is 0 Å². The van der Waals surface area contributed by atoms with E-state index in [4.69, 9.17) is 5.73 Å². The van der Waals surface area contributed by atoms with E-state index in [1.165, 1.54) is 6.92 Å². The predicted molar refractivity (Wildman–Crippen MR) is 144 cm³/mol. The largest absolute Gasteiger partial charge is 0.480 e. The number of nitrogens with one attached hydrogen (secondary N) is 4. The van der Waals surface area contributed by atoms with Crippen LogP contribution in [0, 0.1) is 5.92 Å². The number of aromatic amines is 1. The lowest BCUT2D eigenvalue weighted by atomic mass is 10.0. The van der Waals surface area contributed by atoms with Crippen molar-refractivity contribution in [1.82, 2.24) is 20.9 Å². The highest BCUT2D eigenvalue weighted by Crippen LogP contribution is 2.19. The quantitative estimate of drug-likeness (QED) is 0.211. The van der Waals surface area contributed by atoms with Crippen molar-refractivity contribution in [3.05, 3.63) is 71.9 Å². The highest BCUT2D eigenvalue weighted by atomic mass is 16.4. The molecule has 10 nitrogen and oxygen atoms in total. The number of aromatic nitrogens is 1. The summed E-state index contributed by atoms with van der Waals surface area (Å²) in [4.78, 5) is 53.7. The van der Waals surface area contributed by atoms with Gasteiger partial charge in [0.05, 0.1) is 6.04 Å². The molecule has 4 atom stereocenters. The van der Waals surface area contributed by atoms with Crippen molar-refractivity contribution < 1.29 is 24.3 Å². The van der Waals surface area contributed by atoms with E-state index < -0.39 is 47.9 Å². The van der Waals surface area contributed by atoms with Gasteiger partial charge in [0.25, 0.3) is 0 Å². The molecule has 38 heavy (non-hydrogen) atoms. The first-order valence-corrected chi connectivity index (χ1v) is 12.5. The van der Waals surface area contributed by atoms with E-state index in [2.05, 4.69) is 20.9 Å². The molecule has 0 aliphatic carbocycles. The summed E-state index contributed by atoms with van der Waals surface area (Å²) in [6.45, 7) is 4.86. The van der Waals surface area contributed by atoms with Gasteiger partial charge in [0.1, 0.15) is 18.1 Å². The molecule has 3 aromatic rings. The highest BCUT2D eigenvalue weighted by Gasteiger charge is 2.30. The van der Waals surface area contributed by atoms with Crippen LogP contribution in [0.15, 0.2) is 60.8 Å². The zero-order valence-electron chi connectivity index (χ0n) is 21.7. The lowest BCUT2D eigenvalue weighted by Gasteiger charge is -2.25. The lowest BCUT2D eigenvalue weighted by Crippen LogP contribution is -2.57. The van der Waals surface area contributed by atoms with Crippen molar-refractivity contribution in [2.45, 2.75) is 57.8 Å². The SMILES string of the molecule is CC(NC(=O)C(N)Cc1ccccc1)C(=O)NC(Cc1c[nH]c2ccccc12)C(=O)NC(C(=O)O)C(C)C. The molecular weight excluding hydrogens is 486 g/mol. The number of carbonyl (C=O) groups is 4. The number of H-pyrrole nitrogens is 1. The Morgan fingerprint density at radius 3 is 2.16 bits per heavy atom. The first-order chi connectivity index (χ1) is 18.1. The van der Waals surface area contributed by atoms with Gasteiger partial charge < -0.3 is 31.8 Å². The standard InChI is InChI=1S/C28H35N5O5/c1-16(2)24(28(37)38)33-27(36)23(14-19-15-30-22-12-8-7-11-20(19)22)32-25(34)17(3)31-26(35)21(29)13-18-9-5-4-6-10-18/h4-12,15-17,21,23-24,30H,13-14,29H2,1-3H3,(H,31,35)(H,32,34)(H,33,36)(H,37,38). The zero-order chi connectivity index (χ0) is 27.8. The van der Waals surface area contributed by atoms with Gasteiger partial charge in [0, 0.05) is 23.5 Å². The fourth-order valence-corrected chi connectivity index (χ4v) is 4.14. The number of carboxylic acid groups (broad SMARTS) is 1. The summed E-state index contributed by atoms with van der Waals surface area (Å²) in [5, 5.41) is 18.2. The van der Waals surface area contributed by atoms with Crippen LogP contribution in [0.4, 0.5) is 0 Å². The van der Waals surface area contributed by atoms with Crippen LogP contribution in [0.3, 0.4) is 0 Å². The first-order valence-electron chi connectivity index (χ1n) is 12.5. The van der Waals surface area contributed by atoms with Crippen molar-refractivity contribution in [3.63, 3.8) is 0 Å². The van der Waals surface area contributed by atoms with Gasteiger partial charge in [-0.2, -0.15) is 0 Å². The molecule has 0 aliphatic heterocycles. The lowest BCUT2D eigenvalue weighted by molar-refractivity contribution is -0.143. The maximum Gasteiger partial charge on any atom is 0.326 e. The fraction of sp³-hybridized carbons (Fsp3) is 0.357. The van der Waals surface area contributed by atoms with E-state index in [1.54, 1.807) is 20.0 Å². The van der Waals surface area contributed by atoms with Gasteiger partial charge >= 0.3 is 5.97 Å². The number of benzene rings is 2. The maximum atomic E-state index is 13.2. The fourth-order valence-electron chi connectivity index (χ4n) is 4.14. The molecule has 202 valence electrons. The number of nitrogens with two attached hydrogens (primary N) is 1. The number of carboxylic acids is 1. The molecule has 1 heterocycles. The Labute approximate surface area is 221 Å². The van der Waals surface area contributed by atoms with E-state index in [0.717, 1.165) is 22.0 Å². The van der Waals surface area contributed by atoms with E-state index in [-0.39, 0.29) is 12.3 Å².